The van der Waals surface area contributed by atoms with Gasteiger partial charge in [0.1, 0.15) is 5.76 Å². The molecule has 27 heavy (non-hydrogen) atoms. The van der Waals surface area contributed by atoms with Gasteiger partial charge in [-0.15, -0.1) is 24.0 Å². The summed E-state index contributed by atoms with van der Waals surface area (Å²) in [5.74, 6) is 3.01. The van der Waals surface area contributed by atoms with Crippen molar-refractivity contribution < 1.29 is 9.15 Å². The molecule has 1 aromatic heterocycles. The van der Waals surface area contributed by atoms with Gasteiger partial charge in [-0.3, -0.25) is 4.99 Å². The summed E-state index contributed by atoms with van der Waals surface area (Å²) in [5.41, 5.74) is 0.324. The van der Waals surface area contributed by atoms with E-state index in [1.165, 1.54) is 25.7 Å². The smallest absolute Gasteiger partial charge is 0.191 e. The molecule has 2 N–H and O–H groups in total. The second kappa shape index (κ2) is 14.6. The molecular weight excluding hydrogens is 473 g/mol. The van der Waals surface area contributed by atoms with Crippen molar-refractivity contribution in [2.75, 3.05) is 44.9 Å². The third kappa shape index (κ3) is 9.56. The van der Waals surface area contributed by atoms with Gasteiger partial charge in [0.15, 0.2) is 5.96 Å². The summed E-state index contributed by atoms with van der Waals surface area (Å²) < 4.78 is 11.0. The second-order valence-corrected chi connectivity index (χ2v) is 7.98. The van der Waals surface area contributed by atoms with Crippen LogP contribution in [0.1, 0.15) is 44.8 Å². The first-order chi connectivity index (χ1) is 12.8. The van der Waals surface area contributed by atoms with Crippen LogP contribution in [0.2, 0.25) is 0 Å². The number of guanidine groups is 1. The minimum absolute atomic E-state index is 0. The number of nitrogens with zero attached hydrogens (tertiary/aromatic N) is 1. The summed E-state index contributed by atoms with van der Waals surface area (Å²) in [6.45, 7) is 6.36. The van der Waals surface area contributed by atoms with Crippen molar-refractivity contribution in [3.8, 4) is 0 Å². The molecule has 0 radical (unpaired) electrons. The molecule has 0 spiro atoms. The van der Waals surface area contributed by atoms with Crippen LogP contribution >= 0.6 is 35.7 Å². The van der Waals surface area contributed by atoms with Crippen LogP contribution in [-0.4, -0.2) is 50.8 Å². The Balaban J connectivity index is 0.00000364. The fourth-order valence-corrected chi connectivity index (χ4v) is 3.80. The molecule has 2 rings (SSSR count). The first kappa shape index (κ1) is 24.6. The van der Waals surface area contributed by atoms with E-state index in [-0.39, 0.29) is 24.0 Å². The van der Waals surface area contributed by atoms with Gasteiger partial charge in [0.05, 0.1) is 6.26 Å². The van der Waals surface area contributed by atoms with Crippen LogP contribution in [0.3, 0.4) is 0 Å². The number of furan rings is 1. The predicted octanol–water partition coefficient (Wildman–Crippen LogP) is 4.33. The zero-order valence-corrected chi connectivity index (χ0v) is 19.9. The van der Waals surface area contributed by atoms with Crippen molar-refractivity contribution in [2.24, 2.45) is 10.4 Å². The standard InChI is InChI=1S/C20H35N3O2S.HI/c1-3-24-15-11-20(9-4-5-10-20)17-23-19(22-13-16-26-2)21-12-8-18-7-6-14-25-18;/h6-7,14H,3-5,8-13,15-17H2,1-2H3,(H2,21,22,23);1H. The van der Waals surface area contributed by atoms with Crippen molar-refractivity contribution in [3.05, 3.63) is 24.2 Å². The van der Waals surface area contributed by atoms with Crippen LogP contribution < -0.4 is 10.6 Å². The highest BCUT2D eigenvalue weighted by atomic mass is 127. The third-order valence-corrected chi connectivity index (χ3v) is 5.67. The summed E-state index contributed by atoms with van der Waals surface area (Å²) >= 11 is 1.84. The number of aliphatic imine (C=N–C) groups is 1. The Hall–Kier alpha value is -0.410. The van der Waals surface area contributed by atoms with Gasteiger partial charge in [-0.1, -0.05) is 12.8 Å². The molecule has 1 heterocycles. The highest BCUT2D eigenvalue weighted by Gasteiger charge is 2.33. The summed E-state index contributed by atoms with van der Waals surface area (Å²) in [4.78, 5) is 4.95. The van der Waals surface area contributed by atoms with E-state index in [1.807, 2.05) is 23.9 Å². The number of hydrogen-bond acceptors (Lipinski definition) is 4. The maximum absolute atomic E-state index is 5.62. The molecule has 1 fully saturated rings. The lowest BCUT2D eigenvalue weighted by Crippen LogP contribution is -2.40. The normalized spacial score (nSPS) is 16.1. The average Bonchev–Trinajstić information content (AvgIpc) is 3.32. The Morgan fingerprint density at radius 2 is 2.07 bits per heavy atom. The number of hydrogen-bond donors (Lipinski definition) is 2. The maximum Gasteiger partial charge on any atom is 0.191 e. The Kier molecular flexibility index (Phi) is 13.3. The topological polar surface area (TPSA) is 58.8 Å². The Labute approximate surface area is 185 Å². The summed E-state index contributed by atoms with van der Waals surface area (Å²) in [7, 11) is 0. The van der Waals surface area contributed by atoms with E-state index >= 15 is 0 Å². The molecule has 156 valence electrons. The van der Waals surface area contributed by atoms with E-state index in [9.17, 15) is 0 Å². The lowest BCUT2D eigenvalue weighted by molar-refractivity contribution is 0.107. The average molecular weight is 509 g/mol. The minimum Gasteiger partial charge on any atom is -0.469 e. The van der Waals surface area contributed by atoms with Gasteiger partial charge < -0.3 is 19.8 Å². The molecule has 1 aliphatic carbocycles. The van der Waals surface area contributed by atoms with Gasteiger partial charge in [-0.25, -0.2) is 0 Å². The Morgan fingerprint density at radius 3 is 2.74 bits per heavy atom. The zero-order chi connectivity index (χ0) is 18.5. The van der Waals surface area contributed by atoms with Crippen molar-refractivity contribution in [1.82, 2.24) is 10.6 Å². The lowest BCUT2D eigenvalue weighted by Gasteiger charge is -2.27. The van der Waals surface area contributed by atoms with Crippen LogP contribution in [0.15, 0.2) is 27.8 Å². The Bertz CT molecular complexity index is 505. The van der Waals surface area contributed by atoms with Crippen molar-refractivity contribution >= 4 is 41.7 Å². The first-order valence-corrected chi connectivity index (χ1v) is 11.3. The molecule has 1 aliphatic rings. The summed E-state index contributed by atoms with van der Waals surface area (Å²) in [6, 6.07) is 3.95. The van der Waals surface area contributed by atoms with E-state index in [0.717, 1.165) is 63.2 Å². The SMILES string of the molecule is CCOCCC1(CN=C(NCCSC)NCCc2ccco2)CCCC1.I. The number of nitrogens with one attached hydrogen (secondary N) is 2. The second-order valence-electron chi connectivity index (χ2n) is 6.99. The fourth-order valence-electron chi connectivity index (χ4n) is 3.50. The van der Waals surface area contributed by atoms with Crippen LogP contribution in [0.5, 0.6) is 0 Å². The summed E-state index contributed by atoms with van der Waals surface area (Å²) in [5, 5.41) is 6.93. The molecule has 7 heteroatoms. The number of thioether (sulfide) groups is 1. The van der Waals surface area contributed by atoms with Crippen molar-refractivity contribution in [2.45, 2.75) is 45.4 Å². The number of rotatable bonds is 12. The monoisotopic (exact) mass is 509 g/mol. The molecule has 0 aromatic carbocycles. The largest absolute Gasteiger partial charge is 0.469 e. The molecule has 1 aromatic rings. The number of ether oxygens (including phenoxy) is 1. The number of halogens is 1. The molecule has 0 bridgehead atoms. The molecule has 0 amide bonds. The third-order valence-electron chi connectivity index (χ3n) is 5.06. The quantitative estimate of drug-likeness (QED) is 0.190. The molecule has 1 saturated carbocycles. The summed E-state index contributed by atoms with van der Waals surface area (Å²) in [6.07, 6.45) is 11.0. The van der Waals surface area contributed by atoms with Crippen LogP contribution in [0, 0.1) is 5.41 Å². The van der Waals surface area contributed by atoms with E-state index in [0.29, 0.717) is 5.41 Å². The van der Waals surface area contributed by atoms with Crippen LogP contribution in [0.4, 0.5) is 0 Å². The van der Waals surface area contributed by atoms with Gasteiger partial charge in [0.25, 0.3) is 0 Å². The Morgan fingerprint density at radius 1 is 1.30 bits per heavy atom. The maximum atomic E-state index is 5.62. The van der Waals surface area contributed by atoms with Gasteiger partial charge in [-0.05, 0) is 50.0 Å². The van der Waals surface area contributed by atoms with E-state index in [1.54, 1.807) is 6.26 Å². The van der Waals surface area contributed by atoms with Gasteiger partial charge in [-0.2, -0.15) is 11.8 Å². The van der Waals surface area contributed by atoms with Crippen LogP contribution in [0.25, 0.3) is 0 Å². The van der Waals surface area contributed by atoms with Gasteiger partial charge in [0, 0.05) is 45.0 Å². The van der Waals surface area contributed by atoms with Gasteiger partial charge >= 0.3 is 0 Å². The zero-order valence-electron chi connectivity index (χ0n) is 16.8. The van der Waals surface area contributed by atoms with Crippen molar-refractivity contribution in [3.63, 3.8) is 0 Å². The molecule has 0 unspecified atom stereocenters. The fraction of sp³-hybridized carbons (Fsp3) is 0.750. The molecule has 0 atom stereocenters. The molecule has 5 nitrogen and oxygen atoms in total. The molecule has 0 saturated heterocycles. The van der Waals surface area contributed by atoms with E-state index in [2.05, 4.69) is 23.8 Å². The van der Waals surface area contributed by atoms with Crippen LogP contribution in [-0.2, 0) is 11.2 Å². The highest BCUT2D eigenvalue weighted by molar-refractivity contribution is 14.0. The predicted molar refractivity (Wildman–Crippen MR) is 127 cm³/mol. The van der Waals surface area contributed by atoms with Crippen molar-refractivity contribution in [1.29, 1.82) is 0 Å². The molecular formula is C20H36IN3O2S. The minimum atomic E-state index is 0. The lowest BCUT2D eigenvalue weighted by atomic mass is 9.83. The van der Waals surface area contributed by atoms with E-state index < -0.39 is 0 Å². The molecule has 0 aliphatic heterocycles. The highest BCUT2D eigenvalue weighted by Crippen LogP contribution is 2.41. The first-order valence-electron chi connectivity index (χ1n) is 9.89. The van der Waals surface area contributed by atoms with Gasteiger partial charge in [0.2, 0.25) is 0 Å². The van der Waals surface area contributed by atoms with E-state index in [4.69, 9.17) is 14.1 Å².